The standard InChI is InChI=1S/C18H19ClN2O4/c1-12(17(22)25-21(2)18(20)23)24-16-9-5-14(6-10-16)11-13-3-7-15(19)8-4-13/h3-10,12H,11H2,1-2H3,(H2,20,23). The predicted octanol–water partition coefficient (Wildman–Crippen LogP) is 3.17. The predicted molar refractivity (Wildman–Crippen MR) is 94.2 cm³/mol. The first-order valence-electron chi connectivity index (χ1n) is 7.60. The number of urea groups is 1. The number of carbonyl (C=O) groups excluding carboxylic acids is 2. The van der Waals surface area contributed by atoms with Crippen molar-refractivity contribution in [1.29, 1.82) is 0 Å². The van der Waals surface area contributed by atoms with E-state index in [-0.39, 0.29) is 0 Å². The number of amides is 2. The van der Waals surface area contributed by atoms with Gasteiger partial charge in [-0.25, -0.2) is 9.59 Å². The van der Waals surface area contributed by atoms with Gasteiger partial charge in [-0.1, -0.05) is 35.9 Å². The summed E-state index contributed by atoms with van der Waals surface area (Å²) in [5, 5.41) is 1.35. The zero-order valence-corrected chi connectivity index (χ0v) is 14.7. The molecule has 25 heavy (non-hydrogen) atoms. The van der Waals surface area contributed by atoms with Crippen molar-refractivity contribution in [3.05, 3.63) is 64.7 Å². The monoisotopic (exact) mass is 362 g/mol. The van der Waals surface area contributed by atoms with E-state index in [2.05, 4.69) is 0 Å². The minimum absolute atomic E-state index is 0.519. The highest BCUT2D eigenvalue weighted by Gasteiger charge is 2.20. The fraction of sp³-hybridized carbons (Fsp3) is 0.222. The molecule has 2 N–H and O–H groups in total. The Morgan fingerprint density at radius 2 is 1.60 bits per heavy atom. The van der Waals surface area contributed by atoms with Gasteiger partial charge in [0.25, 0.3) is 0 Å². The number of hydrogen-bond acceptors (Lipinski definition) is 4. The molecule has 0 aliphatic rings. The Kier molecular flexibility index (Phi) is 6.25. The molecule has 6 nitrogen and oxygen atoms in total. The fourth-order valence-corrected chi connectivity index (χ4v) is 2.16. The van der Waals surface area contributed by atoms with E-state index in [1.807, 2.05) is 36.4 Å². The van der Waals surface area contributed by atoms with Crippen LogP contribution in [0.3, 0.4) is 0 Å². The molecule has 0 spiro atoms. The molecule has 2 amide bonds. The van der Waals surface area contributed by atoms with Crippen LogP contribution in [-0.4, -0.2) is 30.2 Å². The molecule has 1 atom stereocenters. The Labute approximate surface area is 151 Å². The first kappa shape index (κ1) is 18.6. The van der Waals surface area contributed by atoms with E-state index in [0.29, 0.717) is 15.8 Å². The van der Waals surface area contributed by atoms with E-state index in [4.69, 9.17) is 26.9 Å². The second kappa shape index (κ2) is 8.39. The van der Waals surface area contributed by atoms with Crippen LogP contribution >= 0.6 is 11.6 Å². The number of primary amides is 1. The molecule has 0 aromatic heterocycles. The number of halogens is 1. The van der Waals surface area contributed by atoms with Crippen LogP contribution in [-0.2, 0) is 16.1 Å². The number of nitrogens with two attached hydrogens (primary N) is 1. The summed E-state index contributed by atoms with van der Waals surface area (Å²) in [5.74, 6) is -0.197. The van der Waals surface area contributed by atoms with E-state index in [1.165, 1.54) is 14.0 Å². The zero-order valence-electron chi connectivity index (χ0n) is 13.9. The molecule has 132 valence electrons. The number of hydroxylamine groups is 2. The van der Waals surface area contributed by atoms with Crippen LogP contribution in [0.2, 0.25) is 5.02 Å². The first-order valence-corrected chi connectivity index (χ1v) is 7.98. The fourth-order valence-electron chi connectivity index (χ4n) is 2.03. The molecule has 0 saturated carbocycles. The highest BCUT2D eigenvalue weighted by Crippen LogP contribution is 2.18. The van der Waals surface area contributed by atoms with Crippen LogP contribution in [0, 0.1) is 0 Å². The molecule has 2 aromatic rings. The third kappa shape index (κ3) is 5.69. The van der Waals surface area contributed by atoms with Crippen LogP contribution in [0.5, 0.6) is 5.75 Å². The summed E-state index contributed by atoms with van der Waals surface area (Å²) >= 11 is 5.88. The van der Waals surface area contributed by atoms with Crippen LogP contribution < -0.4 is 10.5 Å². The lowest BCUT2D eigenvalue weighted by Crippen LogP contribution is -2.38. The maximum Gasteiger partial charge on any atom is 0.372 e. The highest BCUT2D eigenvalue weighted by atomic mass is 35.5. The summed E-state index contributed by atoms with van der Waals surface area (Å²) in [6.45, 7) is 1.53. The average Bonchev–Trinajstić information content (AvgIpc) is 2.58. The quantitative estimate of drug-likeness (QED) is 0.828. The number of nitrogens with zero attached hydrogens (tertiary/aromatic N) is 1. The summed E-state index contributed by atoms with van der Waals surface area (Å²) in [7, 11) is 1.25. The maximum atomic E-state index is 11.8. The number of ether oxygens (including phenoxy) is 1. The Balaban J connectivity index is 1.92. The number of carbonyl (C=O) groups is 2. The van der Waals surface area contributed by atoms with Crippen molar-refractivity contribution >= 4 is 23.6 Å². The molecule has 1 unspecified atom stereocenters. The van der Waals surface area contributed by atoms with Gasteiger partial charge in [0.15, 0.2) is 6.10 Å². The van der Waals surface area contributed by atoms with Crippen LogP contribution in [0.4, 0.5) is 4.79 Å². The van der Waals surface area contributed by atoms with Gasteiger partial charge in [-0.15, -0.1) is 0 Å². The number of hydrogen-bond donors (Lipinski definition) is 1. The van der Waals surface area contributed by atoms with Gasteiger partial charge in [-0.2, -0.15) is 5.06 Å². The van der Waals surface area contributed by atoms with Crippen LogP contribution in [0.25, 0.3) is 0 Å². The molecule has 0 fully saturated rings. The smallest absolute Gasteiger partial charge is 0.372 e. The van der Waals surface area contributed by atoms with E-state index in [1.54, 1.807) is 12.1 Å². The summed E-state index contributed by atoms with van der Waals surface area (Å²) < 4.78 is 5.51. The molecule has 0 heterocycles. The lowest BCUT2D eigenvalue weighted by atomic mass is 10.1. The highest BCUT2D eigenvalue weighted by molar-refractivity contribution is 6.30. The van der Waals surface area contributed by atoms with Gasteiger partial charge >= 0.3 is 12.0 Å². The van der Waals surface area contributed by atoms with Crippen LogP contribution in [0.1, 0.15) is 18.1 Å². The second-order valence-electron chi connectivity index (χ2n) is 5.45. The van der Waals surface area contributed by atoms with Crippen LogP contribution in [0.15, 0.2) is 48.5 Å². The summed E-state index contributed by atoms with van der Waals surface area (Å²) in [4.78, 5) is 27.4. The molecule has 0 saturated heterocycles. The normalized spacial score (nSPS) is 11.5. The molecule has 2 aromatic carbocycles. The van der Waals surface area contributed by atoms with E-state index >= 15 is 0 Å². The molecule has 2 rings (SSSR count). The number of benzene rings is 2. The van der Waals surface area contributed by atoms with Crippen molar-refractivity contribution in [2.45, 2.75) is 19.4 Å². The average molecular weight is 363 g/mol. The molecule has 0 radical (unpaired) electrons. The van der Waals surface area contributed by atoms with E-state index < -0.39 is 18.1 Å². The molecule has 0 bridgehead atoms. The Hall–Kier alpha value is -2.73. The molecular formula is C18H19ClN2O4. The van der Waals surface area contributed by atoms with Gasteiger partial charge in [0.05, 0.1) is 7.05 Å². The first-order chi connectivity index (χ1) is 11.8. The second-order valence-corrected chi connectivity index (χ2v) is 5.89. The maximum absolute atomic E-state index is 11.8. The summed E-state index contributed by atoms with van der Waals surface area (Å²) in [5.41, 5.74) is 7.23. The zero-order chi connectivity index (χ0) is 18.4. The largest absolute Gasteiger partial charge is 0.479 e. The minimum Gasteiger partial charge on any atom is -0.479 e. The van der Waals surface area contributed by atoms with Crippen molar-refractivity contribution in [2.24, 2.45) is 5.73 Å². The van der Waals surface area contributed by atoms with Crippen molar-refractivity contribution in [1.82, 2.24) is 5.06 Å². The molecule has 7 heteroatoms. The third-order valence-electron chi connectivity index (χ3n) is 3.43. The number of rotatable bonds is 5. The van der Waals surface area contributed by atoms with Gasteiger partial charge in [0, 0.05) is 5.02 Å². The minimum atomic E-state index is -0.885. The van der Waals surface area contributed by atoms with Gasteiger partial charge < -0.3 is 15.3 Å². The Morgan fingerprint density at radius 3 is 2.12 bits per heavy atom. The van der Waals surface area contributed by atoms with Gasteiger partial charge in [0.1, 0.15) is 5.75 Å². The van der Waals surface area contributed by atoms with E-state index in [0.717, 1.165) is 17.5 Å². The Bertz CT molecular complexity index is 732. The van der Waals surface area contributed by atoms with Gasteiger partial charge in [-0.05, 0) is 48.7 Å². The lowest BCUT2D eigenvalue weighted by molar-refractivity contribution is -0.179. The summed E-state index contributed by atoms with van der Waals surface area (Å²) in [6.07, 6.45) is -0.123. The molecule has 0 aliphatic carbocycles. The topological polar surface area (TPSA) is 81.9 Å². The van der Waals surface area contributed by atoms with Crippen molar-refractivity contribution in [3.8, 4) is 5.75 Å². The van der Waals surface area contributed by atoms with Crippen molar-refractivity contribution in [3.63, 3.8) is 0 Å². The van der Waals surface area contributed by atoms with Gasteiger partial charge in [-0.3, -0.25) is 0 Å². The molecular weight excluding hydrogens is 344 g/mol. The van der Waals surface area contributed by atoms with Crippen molar-refractivity contribution < 1.29 is 19.2 Å². The SMILES string of the molecule is CC(Oc1ccc(Cc2ccc(Cl)cc2)cc1)C(=O)ON(C)C(N)=O. The lowest BCUT2D eigenvalue weighted by Gasteiger charge is -2.18. The van der Waals surface area contributed by atoms with E-state index in [9.17, 15) is 9.59 Å². The Morgan fingerprint density at radius 1 is 1.08 bits per heavy atom. The third-order valence-corrected chi connectivity index (χ3v) is 3.68. The van der Waals surface area contributed by atoms with Crippen molar-refractivity contribution in [2.75, 3.05) is 7.05 Å². The summed E-state index contributed by atoms with van der Waals surface area (Å²) in [6, 6.07) is 14.1. The van der Waals surface area contributed by atoms with Gasteiger partial charge in [0.2, 0.25) is 0 Å². The molecule has 0 aliphatic heterocycles.